The normalized spacial score (nSPS) is 9.89. The maximum Gasteiger partial charge on any atom is 0.430 e. The number of amides is 1. The Morgan fingerprint density at radius 1 is 1.89 bits per heavy atom. The molecule has 0 heterocycles. The Balaban J connectivity index is 3.14. The summed E-state index contributed by atoms with van der Waals surface area (Å²) in [5.41, 5.74) is 4.60. The number of carbonyl (C=O) groups is 1. The summed E-state index contributed by atoms with van der Waals surface area (Å²) in [6, 6.07) is 0. The standard InChI is InChI=1S/C5H10N2O2/c1-2-3-4-7-9-5(6)8/h4H,2-3H2,1H3,(H2,6,8). The highest BCUT2D eigenvalue weighted by atomic mass is 16.7. The molecule has 0 unspecified atom stereocenters. The van der Waals surface area contributed by atoms with E-state index in [0.29, 0.717) is 0 Å². The van der Waals surface area contributed by atoms with Gasteiger partial charge in [-0.1, -0.05) is 18.5 Å². The van der Waals surface area contributed by atoms with Crippen molar-refractivity contribution >= 4 is 12.3 Å². The van der Waals surface area contributed by atoms with Crippen molar-refractivity contribution in [2.45, 2.75) is 19.8 Å². The minimum Gasteiger partial charge on any atom is -0.333 e. The molecule has 2 N–H and O–H groups in total. The lowest BCUT2D eigenvalue weighted by molar-refractivity contribution is 0.162. The molecule has 0 radical (unpaired) electrons. The number of primary amides is 1. The highest BCUT2D eigenvalue weighted by Gasteiger charge is 1.84. The quantitative estimate of drug-likeness (QED) is 0.350. The van der Waals surface area contributed by atoms with Gasteiger partial charge in [0, 0.05) is 6.21 Å². The van der Waals surface area contributed by atoms with Crippen molar-refractivity contribution in [3.63, 3.8) is 0 Å². The number of unbranched alkanes of at least 4 members (excludes halogenated alkanes) is 1. The van der Waals surface area contributed by atoms with Crippen LogP contribution in [0, 0.1) is 0 Å². The number of carbonyl (C=O) groups excluding carboxylic acids is 1. The molecule has 0 bridgehead atoms. The summed E-state index contributed by atoms with van der Waals surface area (Å²) < 4.78 is 0. The van der Waals surface area contributed by atoms with E-state index < -0.39 is 6.09 Å². The van der Waals surface area contributed by atoms with Gasteiger partial charge in [-0.05, 0) is 6.42 Å². The first-order valence-electron chi connectivity index (χ1n) is 2.75. The van der Waals surface area contributed by atoms with Gasteiger partial charge in [0.25, 0.3) is 0 Å². The van der Waals surface area contributed by atoms with Crippen molar-refractivity contribution in [2.24, 2.45) is 10.9 Å². The van der Waals surface area contributed by atoms with Crippen molar-refractivity contribution in [1.29, 1.82) is 0 Å². The lowest BCUT2D eigenvalue weighted by Crippen LogP contribution is -2.09. The van der Waals surface area contributed by atoms with Crippen LogP contribution in [0.5, 0.6) is 0 Å². The monoisotopic (exact) mass is 130 g/mol. The van der Waals surface area contributed by atoms with Crippen molar-refractivity contribution in [2.75, 3.05) is 0 Å². The Hall–Kier alpha value is -1.06. The molecule has 0 aliphatic carbocycles. The number of hydrogen-bond acceptors (Lipinski definition) is 3. The molecule has 9 heavy (non-hydrogen) atoms. The lowest BCUT2D eigenvalue weighted by atomic mass is 10.4. The van der Waals surface area contributed by atoms with Gasteiger partial charge in [-0.25, -0.2) is 4.79 Å². The van der Waals surface area contributed by atoms with Crippen molar-refractivity contribution in [3.05, 3.63) is 0 Å². The van der Waals surface area contributed by atoms with E-state index in [2.05, 4.69) is 15.7 Å². The van der Waals surface area contributed by atoms with Gasteiger partial charge in [0.15, 0.2) is 0 Å². The summed E-state index contributed by atoms with van der Waals surface area (Å²) in [5, 5.41) is 3.26. The van der Waals surface area contributed by atoms with E-state index >= 15 is 0 Å². The van der Waals surface area contributed by atoms with Gasteiger partial charge in [-0.3, -0.25) is 4.84 Å². The molecule has 0 fully saturated rings. The fourth-order valence-electron chi connectivity index (χ4n) is 0.271. The van der Waals surface area contributed by atoms with Crippen molar-refractivity contribution in [3.8, 4) is 0 Å². The van der Waals surface area contributed by atoms with Gasteiger partial charge in [0.05, 0.1) is 0 Å². The first-order chi connectivity index (χ1) is 4.27. The molecule has 4 heteroatoms. The summed E-state index contributed by atoms with van der Waals surface area (Å²) in [6.45, 7) is 2.00. The second kappa shape index (κ2) is 5.08. The van der Waals surface area contributed by atoms with Crippen LogP contribution in [-0.4, -0.2) is 12.3 Å². The molecule has 0 spiro atoms. The summed E-state index contributed by atoms with van der Waals surface area (Å²) in [4.78, 5) is 13.9. The highest BCUT2D eigenvalue weighted by Crippen LogP contribution is 1.81. The lowest BCUT2D eigenvalue weighted by Gasteiger charge is -1.86. The minimum absolute atomic E-state index is 0.799. The molecular weight excluding hydrogens is 120 g/mol. The number of hydrogen-bond donors (Lipinski definition) is 1. The molecule has 0 atom stereocenters. The summed E-state index contributed by atoms with van der Waals surface area (Å²) in [7, 11) is 0. The predicted molar refractivity (Wildman–Crippen MR) is 34.1 cm³/mol. The zero-order chi connectivity index (χ0) is 7.11. The maximum absolute atomic E-state index is 9.85. The van der Waals surface area contributed by atoms with Gasteiger partial charge in [-0.15, -0.1) is 0 Å². The van der Waals surface area contributed by atoms with Crippen LogP contribution in [0.25, 0.3) is 0 Å². The van der Waals surface area contributed by atoms with Gasteiger partial charge in [-0.2, -0.15) is 0 Å². The molecule has 1 amide bonds. The Kier molecular flexibility index (Phi) is 4.49. The third kappa shape index (κ3) is 6.94. The molecular formula is C5H10N2O2. The largest absolute Gasteiger partial charge is 0.430 e. The van der Waals surface area contributed by atoms with Crippen LogP contribution in [-0.2, 0) is 4.84 Å². The van der Waals surface area contributed by atoms with Gasteiger partial charge in [0.1, 0.15) is 0 Å². The highest BCUT2D eigenvalue weighted by molar-refractivity contribution is 5.66. The van der Waals surface area contributed by atoms with Crippen LogP contribution in [0.2, 0.25) is 0 Å². The van der Waals surface area contributed by atoms with E-state index in [1.807, 2.05) is 6.92 Å². The van der Waals surface area contributed by atoms with Crippen molar-refractivity contribution < 1.29 is 9.63 Å². The van der Waals surface area contributed by atoms with Crippen LogP contribution in [0.4, 0.5) is 4.79 Å². The molecule has 0 aromatic rings. The topological polar surface area (TPSA) is 64.7 Å². The molecule has 0 aromatic heterocycles. The molecule has 4 nitrogen and oxygen atoms in total. The predicted octanol–water partition coefficient (Wildman–Crippen LogP) is 0.868. The van der Waals surface area contributed by atoms with E-state index in [9.17, 15) is 4.79 Å². The third-order valence-electron chi connectivity index (χ3n) is 0.635. The SMILES string of the molecule is CCCC=NOC(N)=O. The van der Waals surface area contributed by atoms with E-state index in [0.717, 1.165) is 12.8 Å². The maximum atomic E-state index is 9.85. The van der Waals surface area contributed by atoms with Gasteiger partial charge < -0.3 is 5.73 Å². The van der Waals surface area contributed by atoms with Gasteiger partial charge >= 0.3 is 6.09 Å². The van der Waals surface area contributed by atoms with Gasteiger partial charge in [0.2, 0.25) is 0 Å². The van der Waals surface area contributed by atoms with E-state index in [1.165, 1.54) is 6.21 Å². The smallest absolute Gasteiger partial charge is 0.333 e. The van der Waals surface area contributed by atoms with E-state index in [1.54, 1.807) is 0 Å². The fraction of sp³-hybridized carbons (Fsp3) is 0.600. The molecule has 0 aliphatic heterocycles. The second-order valence-electron chi connectivity index (χ2n) is 1.49. The third-order valence-corrected chi connectivity index (χ3v) is 0.635. The first-order valence-corrected chi connectivity index (χ1v) is 2.75. The number of nitrogens with zero attached hydrogens (tertiary/aromatic N) is 1. The molecule has 0 aromatic carbocycles. The average molecular weight is 130 g/mol. The summed E-state index contributed by atoms with van der Waals surface area (Å²) in [6.07, 6.45) is 2.41. The number of oxime groups is 1. The Morgan fingerprint density at radius 2 is 2.56 bits per heavy atom. The molecule has 0 aliphatic rings. The molecule has 0 saturated heterocycles. The zero-order valence-electron chi connectivity index (χ0n) is 5.33. The van der Waals surface area contributed by atoms with Crippen LogP contribution in [0.1, 0.15) is 19.8 Å². The fourth-order valence-corrected chi connectivity index (χ4v) is 0.271. The average Bonchev–Trinajstić information content (AvgIpc) is 1.80. The molecule has 0 rings (SSSR count). The first kappa shape index (κ1) is 7.94. The summed E-state index contributed by atoms with van der Waals surface area (Å²) >= 11 is 0. The van der Waals surface area contributed by atoms with Crippen molar-refractivity contribution in [1.82, 2.24) is 0 Å². The molecule has 52 valence electrons. The van der Waals surface area contributed by atoms with Crippen LogP contribution >= 0.6 is 0 Å². The minimum atomic E-state index is -0.873. The number of nitrogens with two attached hydrogens (primary N) is 1. The number of rotatable bonds is 3. The van der Waals surface area contributed by atoms with E-state index in [-0.39, 0.29) is 0 Å². The van der Waals surface area contributed by atoms with E-state index in [4.69, 9.17) is 0 Å². The van der Waals surface area contributed by atoms with Crippen LogP contribution < -0.4 is 5.73 Å². The summed E-state index contributed by atoms with van der Waals surface area (Å²) in [5.74, 6) is 0. The Bertz CT molecular complexity index is 112. The second-order valence-corrected chi connectivity index (χ2v) is 1.49. The molecule has 0 saturated carbocycles. The zero-order valence-corrected chi connectivity index (χ0v) is 5.33. The Morgan fingerprint density at radius 3 is 3.00 bits per heavy atom. The van der Waals surface area contributed by atoms with Crippen LogP contribution in [0.3, 0.4) is 0 Å². The van der Waals surface area contributed by atoms with Crippen LogP contribution in [0.15, 0.2) is 5.16 Å². The Labute approximate surface area is 53.7 Å².